The Morgan fingerprint density at radius 1 is 0.444 bits per heavy atom. The molecule has 0 atom stereocenters. The average Bonchev–Trinajstić information content (AvgIpc) is 2.60. The fourth-order valence-electron chi connectivity index (χ4n) is 11.3. The molecule has 0 nitrogen and oxygen atoms in total. The molecule has 0 saturated heterocycles. The van der Waals surface area contributed by atoms with Gasteiger partial charge in [0.15, 0.2) is 0 Å². The van der Waals surface area contributed by atoms with E-state index in [9.17, 15) is 0 Å². The third kappa shape index (κ3) is 2.60. The zero-order chi connectivity index (χ0) is 17.6. The molecular weight excluding hydrogens is 387 g/mol. The summed E-state index contributed by atoms with van der Waals surface area (Å²) >= 11 is -0.835. The number of hydrogen-bond acceptors (Lipinski definition) is 0. The normalized spacial score (nSPS) is 57.3. The fraction of sp³-hybridized carbons (Fsp3) is 1.00. The molecular formula is C26H41As. The van der Waals surface area contributed by atoms with Gasteiger partial charge in [0, 0.05) is 0 Å². The van der Waals surface area contributed by atoms with E-state index >= 15 is 0 Å². The van der Waals surface area contributed by atoms with Crippen molar-refractivity contribution in [2.45, 2.75) is 122 Å². The molecule has 0 aromatic rings. The quantitative estimate of drug-likeness (QED) is 0.403. The van der Waals surface area contributed by atoms with Crippen LogP contribution in [0.15, 0.2) is 0 Å². The zero-order valence-electron chi connectivity index (χ0n) is 17.5. The fourth-order valence-corrected chi connectivity index (χ4v) is 24.3. The average molecular weight is 429 g/mol. The molecule has 0 heterocycles. The second-order valence-electron chi connectivity index (χ2n) is 12.9. The van der Waals surface area contributed by atoms with Crippen LogP contribution in [0.1, 0.15) is 109 Å². The Bertz CT molecular complexity index is 485. The van der Waals surface area contributed by atoms with E-state index in [0.29, 0.717) is 0 Å². The van der Waals surface area contributed by atoms with Crippen LogP contribution in [0, 0.1) is 35.5 Å². The molecule has 27 heavy (non-hydrogen) atoms. The van der Waals surface area contributed by atoms with Crippen LogP contribution in [0.2, 0.25) is 13.1 Å². The van der Waals surface area contributed by atoms with Crippen LogP contribution < -0.4 is 0 Å². The summed E-state index contributed by atoms with van der Waals surface area (Å²) in [6, 6.07) is 0. The van der Waals surface area contributed by atoms with Crippen LogP contribution in [0.5, 0.6) is 0 Å². The van der Waals surface area contributed by atoms with Crippen LogP contribution in [0.4, 0.5) is 0 Å². The van der Waals surface area contributed by atoms with Crippen LogP contribution in [-0.4, -0.2) is 14.7 Å². The molecule has 9 aliphatic carbocycles. The van der Waals surface area contributed by atoms with Crippen molar-refractivity contribution in [2.75, 3.05) is 0 Å². The van der Waals surface area contributed by atoms with Crippen LogP contribution in [-0.2, 0) is 0 Å². The predicted octanol–water partition coefficient (Wildman–Crippen LogP) is 7.76. The minimum atomic E-state index is -0.835. The third-order valence-corrected chi connectivity index (χ3v) is 20.2. The van der Waals surface area contributed by atoms with Gasteiger partial charge in [0.25, 0.3) is 0 Å². The molecule has 0 aromatic heterocycles. The summed E-state index contributed by atoms with van der Waals surface area (Å²) in [4.78, 5) is 0. The molecule has 9 rings (SSSR count). The molecule has 0 N–H and O–H groups in total. The van der Waals surface area contributed by atoms with Crippen molar-refractivity contribution in [1.82, 2.24) is 0 Å². The molecule has 8 bridgehead atoms. The second-order valence-corrected chi connectivity index (χ2v) is 20.0. The molecule has 9 saturated carbocycles. The Kier molecular flexibility index (Phi) is 3.87. The molecule has 1 heteroatoms. The number of hydrogen-bond donors (Lipinski definition) is 0. The van der Waals surface area contributed by atoms with Crippen molar-refractivity contribution in [3.05, 3.63) is 0 Å². The van der Waals surface area contributed by atoms with Crippen molar-refractivity contribution in [1.29, 1.82) is 0 Å². The summed E-state index contributed by atoms with van der Waals surface area (Å²) in [5.41, 5.74) is 0. The van der Waals surface area contributed by atoms with E-state index in [2.05, 4.69) is 0 Å². The summed E-state index contributed by atoms with van der Waals surface area (Å²) in [6.45, 7) is 0. The third-order valence-electron chi connectivity index (χ3n) is 11.0. The monoisotopic (exact) mass is 428 g/mol. The van der Waals surface area contributed by atoms with E-state index in [4.69, 9.17) is 0 Å². The van der Waals surface area contributed by atoms with Crippen molar-refractivity contribution < 1.29 is 0 Å². The standard InChI is InChI=1S/C26H41As/c1-2-4-24(5-3-1)27(25-12-18-6-19(13-25)8-20(7-18)14-25)26-15-21-9-22(16-26)11-23(10-21)17-26/h18-24H,1-17H2. The maximum absolute atomic E-state index is 1.75. The van der Waals surface area contributed by atoms with Gasteiger partial charge >= 0.3 is 172 Å². The van der Waals surface area contributed by atoms with E-state index in [0.717, 1.165) is 8.41 Å². The van der Waals surface area contributed by atoms with Gasteiger partial charge in [0.1, 0.15) is 0 Å². The Balaban J connectivity index is 1.31. The summed E-state index contributed by atoms with van der Waals surface area (Å²) in [7, 11) is 0. The Morgan fingerprint density at radius 3 is 1.11 bits per heavy atom. The first-order chi connectivity index (χ1) is 13.2. The molecule has 0 spiro atoms. The zero-order valence-corrected chi connectivity index (χ0v) is 19.4. The molecule has 9 fully saturated rings. The topological polar surface area (TPSA) is 0 Å². The van der Waals surface area contributed by atoms with Gasteiger partial charge in [0.05, 0.1) is 0 Å². The van der Waals surface area contributed by atoms with Crippen molar-refractivity contribution >= 4 is 14.7 Å². The molecule has 0 aromatic carbocycles. The van der Waals surface area contributed by atoms with Gasteiger partial charge in [-0.2, -0.15) is 0 Å². The van der Waals surface area contributed by atoms with Gasteiger partial charge in [0.2, 0.25) is 0 Å². The molecule has 150 valence electrons. The van der Waals surface area contributed by atoms with Gasteiger partial charge in [-0.1, -0.05) is 0 Å². The first-order valence-electron chi connectivity index (χ1n) is 13.0. The Hall–Kier alpha value is 0.558. The minimum absolute atomic E-state index is 0.835. The van der Waals surface area contributed by atoms with Crippen LogP contribution >= 0.6 is 0 Å². The van der Waals surface area contributed by atoms with Crippen molar-refractivity contribution in [2.24, 2.45) is 35.5 Å². The van der Waals surface area contributed by atoms with E-state index in [1.54, 1.807) is 109 Å². The molecule has 0 unspecified atom stereocenters. The first-order valence-corrected chi connectivity index (χ1v) is 16.0. The van der Waals surface area contributed by atoms with Gasteiger partial charge < -0.3 is 0 Å². The Labute approximate surface area is 172 Å². The van der Waals surface area contributed by atoms with Crippen LogP contribution in [0.3, 0.4) is 0 Å². The van der Waals surface area contributed by atoms with Gasteiger partial charge in [-0.25, -0.2) is 0 Å². The maximum atomic E-state index is 1.75. The predicted molar refractivity (Wildman–Crippen MR) is 114 cm³/mol. The van der Waals surface area contributed by atoms with Crippen molar-refractivity contribution in [3.63, 3.8) is 0 Å². The summed E-state index contributed by atoms with van der Waals surface area (Å²) in [6.07, 6.45) is 28.6. The first kappa shape index (κ1) is 17.3. The summed E-state index contributed by atoms with van der Waals surface area (Å²) in [5, 5.41) is 0. The Morgan fingerprint density at radius 2 is 0.778 bits per heavy atom. The van der Waals surface area contributed by atoms with E-state index in [1.165, 1.54) is 40.2 Å². The van der Waals surface area contributed by atoms with E-state index < -0.39 is 14.7 Å². The van der Waals surface area contributed by atoms with E-state index in [1.807, 2.05) is 0 Å². The van der Waals surface area contributed by atoms with Gasteiger partial charge in [-0.3, -0.25) is 0 Å². The van der Waals surface area contributed by atoms with E-state index in [-0.39, 0.29) is 0 Å². The van der Waals surface area contributed by atoms with Gasteiger partial charge in [-0.15, -0.1) is 0 Å². The molecule has 0 aliphatic heterocycles. The van der Waals surface area contributed by atoms with Crippen molar-refractivity contribution in [3.8, 4) is 0 Å². The SMILES string of the molecule is C1CCC([As](C23CC4CC(CC(C4)C2)C3)C23CC4CC(CC(C4)C2)C3)CC1. The second kappa shape index (κ2) is 6.05. The molecule has 0 amide bonds. The molecule has 9 aliphatic rings. The van der Waals surface area contributed by atoms with Crippen LogP contribution in [0.25, 0.3) is 0 Å². The number of rotatable bonds is 3. The summed E-state index contributed by atoms with van der Waals surface area (Å²) in [5.74, 6) is 7.11. The molecule has 0 radical (unpaired) electrons. The summed E-state index contributed by atoms with van der Waals surface area (Å²) < 4.78 is 3.21. The van der Waals surface area contributed by atoms with Gasteiger partial charge in [-0.05, 0) is 0 Å².